The summed E-state index contributed by atoms with van der Waals surface area (Å²) in [5, 5.41) is 14.9. The summed E-state index contributed by atoms with van der Waals surface area (Å²) in [5.74, 6) is 0.183. The average Bonchev–Trinajstić information content (AvgIpc) is 2.24. The first-order valence-electron chi connectivity index (χ1n) is 5.64. The van der Waals surface area contributed by atoms with Crippen molar-refractivity contribution in [2.24, 2.45) is 5.92 Å². The molecule has 0 fully saturated rings. The Balaban J connectivity index is 3.71. The Kier molecular flexibility index (Phi) is 7.34. The van der Waals surface area contributed by atoms with E-state index < -0.39 is 0 Å². The molecule has 0 aliphatic rings. The zero-order chi connectivity index (χ0) is 11.8. The summed E-state index contributed by atoms with van der Waals surface area (Å²) < 4.78 is 0. The van der Waals surface area contributed by atoms with Crippen molar-refractivity contribution in [1.82, 2.24) is 10.6 Å². The highest BCUT2D eigenvalue weighted by Crippen LogP contribution is 1.99. The van der Waals surface area contributed by atoms with Crippen molar-refractivity contribution in [2.75, 3.05) is 13.2 Å². The van der Waals surface area contributed by atoms with Gasteiger partial charge in [0.2, 0.25) is 5.91 Å². The molecule has 0 bridgehead atoms. The van der Waals surface area contributed by atoms with E-state index in [0.29, 0.717) is 6.54 Å². The van der Waals surface area contributed by atoms with E-state index in [4.69, 9.17) is 5.11 Å². The second kappa shape index (κ2) is 7.65. The lowest BCUT2D eigenvalue weighted by Crippen LogP contribution is -2.43. The molecule has 4 heteroatoms. The fourth-order valence-corrected chi connectivity index (χ4v) is 1.04. The summed E-state index contributed by atoms with van der Waals surface area (Å²) in [6, 6.07) is 0.377. The van der Waals surface area contributed by atoms with E-state index in [1.807, 2.05) is 27.7 Å². The van der Waals surface area contributed by atoms with Crippen molar-refractivity contribution in [3.8, 4) is 0 Å². The van der Waals surface area contributed by atoms with E-state index in [-0.39, 0.29) is 30.5 Å². The minimum atomic E-state index is 0.0151. The molecule has 3 atom stereocenters. The first-order valence-corrected chi connectivity index (χ1v) is 5.64. The van der Waals surface area contributed by atoms with Gasteiger partial charge in [0.25, 0.3) is 0 Å². The molecule has 15 heavy (non-hydrogen) atoms. The molecule has 0 aromatic carbocycles. The van der Waals surface area contributed by atoms with Gasteiger partial charge >= 0.3 is 0 Å². The van der Waals surface area contributed by atoms with Crippen LogP contribution in [0.2, 0.25) is 0 Å². The maximum Gasteiger partial charge on any atom is 0.234 e. The molecule has 0 saturated carbocycles. The molecule has 4 nitrogen and oxygen atoms in total. The van der Waals surface area contributed by atoms with Gasteiger partial charge in [-0.2, -0.15) is 0 Å². The van der Waals surface area contributed by atoms with Crippen molar-refractivity contribution < 1.29 is 9.90 Å². The summed E-state index contributed by atoms with van der Waals surface area (Å²) >= 11 is 0. The van der Waals surface area contributed by atoms with Crippen LogP contribution in [0.1, 0.15) is 34.1 Å². The first-order chi connectivity index (χ1) is 7.01. The van der Waals surface area contributed by atoms with Crippen molar-refractivity contribution in [2.45, 2.75) is 46.2 Å². The monoisotopic (exact) mass is 216 g/mol. The zero-order valence-corrected chi connectivity index (χ0v) is 10.2. The Morgan fingerprint density at radius 2 is 1.93 bits per heavy atom. The predicted molar refractivity (Wildman–Crippen MR) is 61.6 cm³/mol. The number of carbonyl (C=O) groups excluding carboxylic acids is 1. The summed E-state index contributed by atoms with van der Waals surface area (Å²) in [5.41, 5.74) is 0. The molecule has 0 aliphatic carbocycles. The molecule has 3 unspecified atom stereocenters. The number of hydrogen-bond donors (Lipinski definition) is 3. The molecule has 0 aromatic rings. The van der Waals surface area contributed by atoms with E-state index in [2.05, 4.69) is 10.6 Å². The van der Waals surface area contributed by atoms with E-state index >= 15 is 0 Å². The van der Waals surface area contributed by atoms with Crippen LogP contribution in [0, 0.1) is 5.92 Å². The lowest BCUT2D eigenvalue weighted by molar-refractivity contribution is -0.121. The third-order valence-electron chi connectivity index (χ3n) is 2.75. The summed E-state index contributed by atoms with van der Waals surface area (Å²) in [6.45, 7) is 8.39. The highest BCUT2D eigenvalue weighted by molar-refractivity contribution is 5.78. The number of hydrogen-bond acceptors (Lipinski definition) is 3. The Morgan fingerprint density at radius 3 is 2.40 bits per heavy atom. The van der Waals surface area contributed by atoms with Gasteiger partial charge in [-0.1, -0.05) is 13.8 Å². The molecule has 0 spiro atoms. The fourth-order valence-electron chi connectivity index (χ4n) is 1.04. The van der Waals surface area contributed by atoms with Gasteiger partial charge in [-0.05, 0) is 26.2 Å². The van der Waals surface area contributed by atoms with Gasteiger partial charge in [0.15, 0.2) is 0 Å². The molecule has 0 aromatic heterocycles. The predicted octanol–water partition coefficient (Wildman–Crippen LogP) is 0.508. The van der Waals surface area contributed by atoms with Crippen LogP contribution in [0.5, 0.6) is 0 Å². The zero-order valence-electron chi connectivity index (χ0n) is 10.2. The fraction of sp³-hybridized carbons (Fsp3) is 0.909. The van der Waals surface area contributed by atoms with Crippen molar-refractivity contribution in [3.63, 3.8) is 0 Å². The van der Waals surface area contributed by atoms with Crippen molar-refractivity contribution in [3.05, 3.63) is 0 Å². The van der Waals surface area contributed by atoms with Gasteiger partial charge < -0.3 is 15.7 Å². The topological polar surface area (TPSA) is 61.4 Å². The van der Waals surface area contributed by atoms with E-state index in [1.165, 1.54) is 0 Å². The molecule has 0 rings (SSSR count). The Labute approximate surface area is 92.4 Å². The molecule has 1 amide bonds. The van der Waals surface area contributed by atoms with Gasteiger partial charge in [0.1, 0.15) is 0 Å². The standard InChI is InChI=1S/C11H24N2O2/c1-5-9(3)13-11(15)6-12-10(4)8(2)7-14/h8-10,12,14H,5-7H2,1-4H3,(H,13,15). The molecule has 90 valence electrons. The highest BCUT2D eigenvalue weighted by Gasteiger charge is 2.12. The van der Waals surface area contributed by atoms with Crippen molar-refractivity contribution >= 4 is 5.91 Å². The molecule has 3 N–H and O–H groups in total. The van der Waals surface area contributed by atoms with Gasteiger partial charge in [-0.25, -0.2) is 0 Å². The molecule has 0 radical (unpaired) electrons. The average molecular weight is 216 g/mol. The Bertz CT molecular complexity index is 185. The molecule has 0 saturated heterocycles. The van der Waals surface area contributed by atoms with Crippen molar-refractivity contribution in [1.29, 1.82) is 0 Å². The van der Waals surface area contributed by atoms with Gasteiger partial charge in [0, 0.05) is 18.7 Å². The largest absolute Gasteiger partial charge is 0.396 e. The van der Waals surface area contributed by atoms with Crippen LogP contribution in [0.4, 0.5) is 0 Å². The van der Waals surface area contributed by atoms with Gasteiger partial charge in [-0.15, -0.1) is 0 Å². The van der Waals surface area contributed by atoms with Crippen LogP contribution in [0.15, 0.2) is 0 Å². The normalized spacial score (nSPS) is 16.9. The SMILES string of the molecule is CCC(C)NC(=O)CNC(C)C(C)CO. The number of nitrogens with one attached hydrogen (secondary N) is 2. The second-order valence-electron chi connectivity index (χ2n) is 4.21. The number of amides is 1. The number of aliphatic hydroxyl groups excluding tert-OH is 1. The molecule has 0 aliphatic heterocycles. The third kappa shape index (κ3) is 6.47. The minimum Gasteiger partial charge on any atom is -0.396 e. The highest BCUT2D eigenvalue weighted by atomic mass is 16.3. The second-order valence-corrected chi connectivity index (χ2v) is 4.21. The lowest BCUT2D eigenvalue weighted by atomic mass is 10.1. The first kappa shape index (κ1) is 14.4. The lowest BCUT2D eigenvalue weighted by Gasteiger charge is -2.19. The molecular weight excluding hydrogens is 192 g/mol. The van der Waals surface area contributed by atoms with E-state index in [1.54, 1.807) is 0 Å². The van der Waals surface area contributed by atoms with Crippen LogP contribution < -0.4 is 10.6 Å². The maximum absolute atomic E-state index is 11.4. The molecular formula is C11H24N2O2. The quantitative estimate of drug-likeness (QED) is 0.581. The Hall–Kier alpha value is -0.610. The van der Waals surface area contributed by atoms with E-state index in [0.717, 1.165) is 6.42 Å². The van der Waals surface area contributed by atoms with Gasteiger partial charge in [0.05, 0.1) is 6.54 Å². The Morgan fingerprint density at radius 1 is 1.33 bits per heavy atom. The van der Waals surface area contributed by atoms with Crippen LogP contribution in [-0.2, 0) is 4.79 Å². The smallest absolute Gasteiger partial charge is 0.234 e. The summed E-state index contributed by atoms with van der Waals surface area (Å²) in [7, 11) is 0. The van der Waals surface area contributed by atoms with Gasteiger partial charge in [-0.3, -0.25) is 4.79 Å². The van der Waals surface area contributed by atoms with E-state index in [9.17, 15) is 4.79 Å². The summed E-state index contributed by atoms with van der Waals surface area (Å²) in [4.78, 5) is 11.4. The number of aliphatic hydroxyl groups is 1. The van der Waals surface area contributed by atoms with Crippen LogP contribution >= 0.6 is 0 Å². The van der Waals surface area contributed by atoms with Crippen LogP contribution in [-0.4, -0.2) is 36.2 Å². The number of carbonyl (C=O) groups is 1. The number of rotatable bonds is 7. The van der Waals surface area contributed by atoms with Crippen LogP contribution in [0.3, 0.4) is 0 Å². The maximum atomic E-state index is 11.4. The van der Waals surface area contributed by atoms with Crippen LogP contribution in [0.25, 0.3) is 0 Å². The minimum absolute atomic E-state index is 0.0151. The third-order valence-corrected chi connectivity index (χ3v) is 2.75. The molecule has 0 heterocycles. The summed E-state index contributed by atoms with van der Waals surface area (Å²) in [6.07, 6.45) is 0.939.